The summed E-state index contributed by atoms with van der Waals surface area (Å²) in [5.74, 6) is 1.70. The number of H-pyrrole nitrogens is 2. The number of hydrogen-bond donors (Lipinski definition) is 2. The minimum atomic E-state index is -0.0814. The van der Waals surface area contributed by atoms with Gasteiger partial charge in [0, 0.05) is 28.3 Å². The smallest absolute Gasteiger partial charge is 0.264 e. The zero-order chi connectivity index (χ0) is 11.4. The van der Waals surface area contributed by atoms with Gasteiger partial charge in [-0.2, -0.15) is 11.8 Å². The van der Waals surface area contributed by atoms with Gasteiger partial charge in [0.25, 0.3) is 5.56 Å². The second-order valence-corrected chi connectivity index (χ2v) is 4.83. The molecule has 0 spiro atoms. The molecule has 1 aromatic heterocycles. The fourth-order valence-electron chi connectivity index (χ4n) is 1.31. The molecule has 0 saturated carbocycles. The van der Waals surface area contributed by atoms with Crippen LogP contribution < -0.4 is 5.56 Å². The van der Waals surface area contributed by atoms with Gasteiger partial charge < -0.3 is 5.10 Å². The minimum absolute atomic E-state index is 0.0814. The Kier molecular flexibility index (Phi) is 3.74. The van der Waals surface area contributed by atoms with Gasteiger partial charge in [0.1, 0.15) is 0 Å². The lowest BCUT2D eigenvalue weighted by atomic mass is 10.2. The van der Waals surface area contributed by atoms with Crippen molar-refractivity contribution in [2.45, 2.75) is 11.5 Å². The number of benzene rings is 1. The Morgan fingerprint density at radius 1 is 1.12 bits per heavy atom. The molecule has 0 amide bonds. The van der Waals surface area contributed by atoms with Gasteiger partial charge in [-0.15, -0.1) is 0 Å². The van der Waals surface area contributed by atoms with E-state index in [-0.39, 0.29) is 5.56 Å². The van der Waals surface area contributed by atoms with Crippen LogP contribution in [0, 0.1) is 0 Å². The molecule has 0 atom stereocenters. The average molecular weight is 255 g/mol. The molecule has 0 aliphatic heterocycles. The fourth-order valence-corrected chi connectivity index (χ4v) is 2.34. The van der Waals surface area contributed by atoms with Gasteiger partial charge in [-0.25, -0.2) is 0 Å². The Labute approximate surface area is 102 Å². The fraction of sp³-hybridized carbons (Fsp3) is 0.182. The Bertz CT molecular complexity index is 503. The van der Waals surface area contributed by atoms with E-state index in [2.05, 4.69) is 10.2 Å². The van der Waals surface area contributed by atoms with E-state index < -0.39 is 0 Å². The zero-order valence-electron chi connectivity index (χ0n) is 8.50. The molecular weight excluding hydrogens is 244 g/mol. The van der Waals surface area contributed by atoms with Crippen molar-refractivity contribution in [1.29, 1.82) is 0 Å². The standard InChI is InChI=1S/C11H11ClN2OS/c12-9-3-1-8(2-4-9)6-16-7-10-5-11(15)14-13-10/h1-5H,6-7H2,(H2,13,14,15). The summed E-state index contributed by atoms with van der Waals surface area (Å²) in [7, 11) is 0. The normalized spacial score (nSPS) is 10.6. The molecule has 0 aliphatic carbocycles. The van der Waals surface area contributed by atoms with Crippen molar-refractivity contribution < 1.29 is 0 Å². The second-order valence-electron chi connectivity index (χ2n) is 3.40. The zero-order valence-corrected chi connectivity index (χ0v) is 10.1. The molecule has 1 aromatic carbocycles. The van der Waals surface area contributed by atoms with Crippen molar-refractivity contribution in [2.75, 3.05) is 0 Å². The van der Waals surface area contributed by atoms with Crippen molar-refractivity contribution in [3.63, 3.8) is 0 Å². The highest BCUT2D eigenvalue weighted by Crippen LogP contribution is 2.17. The predicted octanol–water partition coefficient (Wildman–Crippen LogP) is 2.79. The molecule has 3 nitrogen and oxygen atoms in total. The van der Waals surface area contributed by atoms with Crippen molar-refractivity contribution in [3.8, 4) is 0 Å². The first kappa shape index (κ1) is 11.4. The summed E-state index contributed by atoms with van der Waals surface area (Å²) in [5.41, 5.74) is 2.07. The topological polar surface area (TPSA) is 48.6 Å². The van der Waals surface area contributed by atoms with Gasteiger partial charge in [0.2, 0.25) is 0 Å². The number of rotatable bonds is 4. The van der Waals surface area contributed by atoms with Crippen LogP contribution in [0.2, 0.25) is 5.02 Å². The highest BCUT2D eigenvalue weighted by molar-refractivity contribution is 7.97. The van der Waals surface area contributed by atoms with Crippen molar-refractivity contribution in [3.05, 3.63) is 57.0 Å². The first-order valence-electron chi connectivity index (χ1n) is 4.83. The van der Waals surface area contributed by atoms with Gasteiger partial charge >= 0.3 is 0 Å². The van der Waals surface area contributed by atoms with E-state index in [1.54, 1.807) is 17.8 Å². The Morgan fingerprint density at radius 3 is 2.50 bits per heavy atom. The Balaban J connectivity index is 1.84. The lowest BCUT2D eigenvalue weighted by Crippen LogP contribution is -1.93. The number of halogens is 1. The minimum Gasteiger partial charge on any atom is -0.301 e. The van der Waals surface area contributed by atoms with E-state index in [9.17, 15) is 4.79 Å². The highest BCUT2D eigenvalue weighted by Gasteiger charge is 1.98. The molecule has 0 fully saturated rings. The number of thioether (sulfide) groups is 1. The van der Waals surface area contributed by atoms with E-state index in [0.29, 0.717) is 0 Å². The third kappa shape index (κ3) is 3.18. The van der Waals surface area contributed by atoms with Gasteiger partial charge in [-0.05, 0) is 17.7 Å². The maximum Gasteiger partial charge on any atom is 0.264 e. The highest BCUT2D eigenvalue weighted by atomic mass is 35.5. The summed E-state index contributed by atoms with van der Waals surface area (Å²) >= 11 is 7.54. The molecule has 0 aliphatic rings. The van der Waals surface area contributed by atoms with Gasteiger partial charge in [-0.1, -0.05) is 23.7 Å². The Morgan fingerprint density at radius 2 is 1.88 bits per heavy atom. The monoisotopic (exact) mass is 254 g/mol. The van der Waals surface area contributed by atoms with E-state index in [4.69, 9.17) is 11.6 Å². The Hall–Kier alpha value is -1.13. The van der Waals surface area contributed by atoms with Crippen LogP contribution in [0.4, 0.5) is 0 Å². The molecule has 2 N–H and O–H groups in total. The van der Waals surface area contributed by atoms with Crippen molar-refractivity contribution in [2.24, 2.45) is 0 Å². The summed E-state index contributed by atoms with van der Waals surface area (Å²) in [6, 6.07) is 9.37. The lowest BCUT2D eigenvalue weighted by Gasteiger charge is -2.00. The molecule has 1 heterocycles. The number of hydrogen-bond acceptors (Lipinski definition) is 2. The van der Waals surface area contributed by atoms with Crippen LogP contribution in [0.3, 0.4) is 0 Å². The number of aromatic nitrogens is 2. The number of nitrogens with one attached hydrogen (secondary N) is 2. The summed E-state index contributed by atoms with van der Waals surface area (Å²) in [6.45, 7) is 0. The molecule has 0 unspecified atom stereocenters. The molecule has 2 aromatic rings. The summed E-state index contributed by atoms with van der Waals surface area (Å²) in [6.07, 6.45) is 0. The van der Waals surface area contributed by atoms with Crippen LogP contribution >= 0.6 is 23.4 Å². The van der Waals surface area contributed by atoms with Crippen LogP contribution in [0.1, 0.15) is 11.3 Å². The molecule has 0 radical (unpaired) electrons. The van der Waals surface area contributed by atoms with Gasteiger partial charge in [0.15, 0.2) is 0 Å². The maximum absolute atomic E-state index is 10.9. The molecule has 0 saturated heterocycles. The maximum atomic E-state index is 10.9. The lowest BCUT2D eigenvalue weighted by molar-refractivity contribution is 1.01. The molecule has 5 heteroatoms. The molecule has 2 rings (SSSR count). The van der Waals surface area contributed by atoms with Gasteiger partial charge in [-0.3, -0.25) is 9.89 Å². The number of aromatic amines is 2. The van der Waals surface area contributed by atoms with Crippen LogP contribution in [-0.4, -0.2) is 10.2 Å². The molecular formula is C11H11ClN2OS. The van der Waals surface area contributed by atoms with E-state index >= 15 is 0 Å². The second kappa shape index (κ2) is 5.27. The van der Waals surface area contributed by atoms with E-state index in [1.807, 2.05) is 24.3 Å². The third-order valence-electron chi connectivity index (χ3n) is 2.09. The van der Waals surface area contributed by atoms with Crippen LogP contribution in [0.5, 0.6) is 0 Å². The third-order valence-corrected chi connectivity index (χ3v) is 3.40. The van der Waals surface area contributed by atoms with E-state index in [0.717, 1.165) is 22.2 Å². The largest absolute Gasteiger partial charge is 0.301 e. The molecule has 84 valence electrons. The van der Waals surface area contributed by atoms with Crippen LogP contribution in [-0.2, 0) is 11.5 Å². The first-order chi connectivity index (χ1) is 7.74. The van der Waals surface area contributed by atoms with Crippen molar-refractivity contribution >= 4 is 23.4 Å². The predicted molar refractivity (Wildman–Crippen MR) is 67.9 cm³/mol. The quantitative estimate of drug-likeness (QED) is 0.882. The van der Waals surface area contributed by atoms with Crippen LogP contribution in [0.25, 0.3) is 0 Å². The first-order valence-corrected chi connectivity index (χ1v) is 6.36. The molecule has 0 bridgehead atoms. The summed E-state index contributed by atoms with van der Waals surface area (Å²) < 4.78 is 0. The molecule has 16 heavy (non-hydrogen) atoms. The SMILES string of the molecule is O=c1cc(CSCc2ccc(Cl)cc2)[nH][nH]1. The summed E-state index contributed by atoms with van der Waals surface area (Å²) in [4.78, 5) is 10.9. The van der Waals surface area contributed by atoms with E-state index in [1.165, 1.54) is 5.56 Å². The summed E-state index contributed by atoms with van der Waals surface area (Å²) in [5, 5.41) is 6.09. The van der Waals surface area contributed by atoms with Crippen LogP contribution in [0.15, 0.2) is 35.1 Å². The van der Waals surface area contributed by atoms with Gasteiger partial charge in [0.05, 0.1) is 0 Å². The average Bonchev–Trinajstić information content (AvgIpc) is 2.67. The van der Waals surface area contributed by atoms with Crippen molar-refractivity contribution in [1.82, 2.24) is 10.2 Å².